The van der Waals surface area contributed by atoms with Crippen LogP contribution in [0.15, 0.2) is 6.07 Å². The topological polar surface area (TPSA) is 44.1 Å². The van der Waals surface area contributed by atoms with Gasteiger partial charge in [0, 0.05) is 5.69 Å². The summed E-state index contributed by atoms with van der Waals surface area (Å²) in [5.41, 5.74) is 0.838. The van der Waals surface area contributed by atoms with E-state index >= 15 is 0 Å². The van der Waals surface area contributed by atoms with Gasteiger partial charge in [0.2, 0.25) is 0 Å². The minimum atomic E-state index is -0.335. The number of esters is 1. The zero-order chi connectivity index (χ0) is 9.14. The summed E-state index contributed by atoms with van der Waals surface area (Å²) in [5.74, 6) is -0.335. The second-order valence-electron chi connectivity index (χ2n) is 2.34. The maximum Gasteiger partial charge on any atom is 0.327 e. The molecule has 0 radical (unpaired) electrons. The Morgan fingerprint density at radius 3 is 2.92 bits per heavy atom. The van der Waals surface area contributed by atoms with Crippen LogP contribution in [0.1, 0.15) is 5.69 Å². The molecular formula is C7H9ClN2O2. The molecule has 5 heteroatoms. The Balaban J connectivity index is 2.75. The smallest absolute Gasteiger partial charge is 0.327 e. The first-order chi connectivity index (χ1) is 5.63. The molecule has 0 bridgehead atoms. The van der Waals surface area contributed by atoms with Crippen molar-refractivity contribution in [2.45, 2.75) is 13.5 Å². The van der Waals surface area contributed by atoms with Crippen molar-refractivity contribution in [2.75, 3.05) is 7.11 Å². The van der Waals surface area contributed by atoms with E-state index in [-0.39, 0.29) is 12.5 Å². The molecule has 0 fully saturated rings. The number of halogens is 1. The summed E-state index contributed by atoms with van der Waals surface area (Å²) in [6.45, 7) is 1.93. The van der Waals surface area contributed by atoms with Crippen molar-refractivity contribution in [3.63, 3.8) is 0 Å². The number of methoxy groups -OCH3 is 1. The van der Waals surface area contributed by atoms with Crippen LogP contribution in [0.4, 0.5) is 0 Å². The Bertz CT molecular complexity index is 296. The zero-order valence-electron chi connectivity index (χ0n) is 6.87. The second-order valence-corrected chi connectivity index (χ2v) is 2.73. The molecule has 1 rings (SSSR count). The van der Waals surface area contributed by atoms with Gasteiger partial charge in [0.1, 0.15) is 6.54 Å². The van der Waals surface area contributed by atoms with E-state index in [1.54, 1.807) is 6.07 Å². The highest BCUT2D eigenvalue weighted by Crippen LogP contribution is 2.08. The lowest BCUT2D eigenvalue weighted by molar-refractivity contribution is -0.141. The van der Waals surface area contributed by atoms with Crippen LogP contribution in [-0.2, 0) is 16.1 Å². The van der Waals surface area contributed by atoms with Crippen molar-refractivity contribution in [1.82, 2.24) is 9.78 Å². The van der Waals surface area contributed by atoms with Gasteiger partial charge in [-0.2, -0.15) is 5.10 Å². The van der Waals surface area contributed by atoms with Crippen molar-refractivity contribution >= 4 is 17.6 Å². The average Bonchev–Trinajstić information content (AvgIpc) is 2.30. The van der Waals surface area contributed by atoms with E-state index < -0.39 is 0 Å². The Kier molecular flexibility index (Phi) is 2.70. The summed E-state index contributed by atoms with van der Waals surface area (Å²) in [6.07, 6.45) is 0. The van der Waals surface area contributed by atoms with Crippen molar-refractivity contribution in [1.29, 1.82) is 0 Å². The molecule has 0 unspecified atom stereocenters. The molecule has 0 aromatic carbocycles. The molecule has 1 aromatic heterocycles. The van der Waals surface area contributed by atoms with Crippen LogP contribution in [0.2, 0.25) is 5.15 Å². The van der Waals surface area contributed by atoms with E-state index in [2.05, 4.69) is 9.84 Å². The molecule has 1 aromatic rings. The lowest BCUT2D eigenvalue weighted by Gasteiger charge is -2.00. The third-order valence-corrected chi connectivity index (χ3v) is 1.64. The predicted octanol–water partition coefficient (Wildman–Crippen LogP) is 1.02. The monoisotopic (exact) mass is 188 g/mol. The van der Waals surface area contributed by atoms with Gasteiger partial charge >= 0.3 is 5.97 Å². The molecule has 0 N–H and O–H groups in total. The zero-order valence-corrected chi connectivity index (χ0v) is 7.63. The Morgan fingerprint density at radius 2 is 2.50 bits per heavy atom. The highest BCUT2D eigenvalue weighted by molar-refractivity contribution is 6.29. The largest absolute Gasteiger partial charge is 0.468 e. The summed E-state index contributed by atoms with van der Waals surface area (Å²) >= 11 is 5.61. The lowest BCUT2D eigenvalue weighted by atomic mass is 10.5. The maximum atomic E-state index is 10.8. The van der Waals surface area contributed by atoms with Gasteiger partial charge in [0.25, 0.3) is 0 Å². The third kappa shape index (κ3) is 1.98. The number of aromatic nitrogens is 2. The lowest BCUT2D eigenvalue weighted by Crippen LogP contribution is -2.13. The van der Waals surface area contributed by atoms with E-state index in [4.69, 9.17) is 11.6 Å². The highest BCUT2D eigenvalue weighted by Gasteiger charge is 2.06. The summed E-state index contributed by atoms with van der Waals surface area (Å²) in [4.78, 5) is 10.8. The van der Waals surface area contributed by atoms with Gasteiger partial charge in [-0.1, -0.05) is 11.6 Å². The number of hydrogen-bond donors (Lipinski definition) is 0. The van der Waals surface area contributed by atoms with E-state index in [1.165, 1.54) is 11.8 Å². The van der Waals surface area contributed by atoms with Crippen molar-refractivity contribution in [3.8, 4) is 0 Å². The molecule has 0 atom stereocenters. The molecule has 0 spiro atoms. The van der Waals surface area contributed by atoms with E-state index in [0.29, 0.717) is 5.15 Å². The van der Waals surface area contributed by atoms with Gasteiger partial charge in [-0.3, -0.25) is 9.48 Å². The van der Waals surface area contributed by atoms with Gasteiger partial charge in [0.05, 0.1) is 7.11 Å². The molecule has 0 saturated heterocycles. The van der Waals surface area contributed by atoms with Crippen LogP contribution >= 0.6 is 11.6 Å². The third-order valence-electron chi connectivity index (χ3n) is 1.46. The minimum absolute atomic E-state index is 0.106. The highest BCUT2D eigenvalue weighted by atomic mass is 35.5. The van der Waals surface area contributed by atoms with Gasteiger partial charge in [0.15, 0.2) is 5.15 Å². The maximum absolute atomic E-state index is 10.8. The molecule has 0 saturated carbocycles. The molecule has 0 aliphatic heterocycles. The molecule has 12 heavy (non-hydrogen) atoms. The van der Waals surface area contributed by atoms with Crippen LogP contribution in [0.5, 0.6) is 0 Å². The fourth-order valence-corrected chi connectivity index (χ4v) is 1.07. The van der Waals surface area contributed by atoms with Gasteiger partial charge < -0.3 is 4.74 Å². The van der Waals surface area contributed by atoms with E-state index in [0.717, 1.165) is 5.69 Å². The number of hydrogen-bond acceptors (Lipinski definition) is 3. The first kappa shape index (κ1) is 9.06. The predicted molar refractivity (Wildman–Crippen MR) is 44.0 cm³/mol. The number of carbonyl (C=O) groups excluding carboxylic acids is 1. The molecule has 0 amide bonds. The van der Waals surface area contributed by atoms with Gasteiger partial charge in [-0.05, 0) is 13.0 Å². The minimum Gasteiger partial charge on any atom is -0.468 e. The van der Waals surface area contributed by atoms with Crippen LogP contribution in [0, 0.1) is 6.92 Å². The molecule has 66 valence electrons. The summed E-state index contributed by atoms with van der Waals surface area (Å²) in [7, 11) is 1.34. The van der Waals surface area contributed by atoms with Crippen LogP contribution in [0.25, 0.3) is 0 Å². The number of rotatable bonds is 2. The summed E-state index contributed by atoms with van der Waals surface area (Å²) in [6, 6.07) is 1.69. The van der Waals surface area contributed by atoms with Crippen molar-refractivity contribution in [3.05, 3.63) is 16.9 Å². The van der Waals surface area contributed by atoms with Gasteiger partial charge in [-0.15, -0.1) is 0 Å². The fraction of sp³-hybridized carbons (Fsp3) is 0.429. The first-order valence-corrected chi connectivity index (χ1v) is 3.78. The summed E-state index contributed by atoms with van der Waals surface area (Å²) in [5, 5.41) is 4.26. The van der Waals surface area contributed by atoms with Crippen molar-refractivity contribution < 1.29 is 9.53 Å². The van der Waals surface area contributed by atoms with Crippen LogP contribution in [-0.4, -0.2) is 22.9 Å². The SMILES string of the molecule is COC(=O)Cn1nc(Cl)cc1C. The standard InChI is InChI=1S/C7H9ClN2O2/c1-5-3-6(8)9-10(5)4-7(11)12-2/h3H,4H2,1-2H3. The average molecular weight is 189 g/mol. The van der Waals surface area contributed by atoms with Gasteiger partial charge in [-0.25, -0.2) is 0 Å². The number of carbonyl (C=O) groups is 1. The van der Waals surface area contributed by atoms with E-state index in [1.807, 2.05) is 6.92 Å². The van der Waals surface area contributed by atoms with Crippen LogP contribution in [0.3, 0.4) is 0 Å². The van der Waals surface area contributed by atoms with Crippen molar-refractivity contribution in [2.24, 2.45) is 0 Å². The summed E-state index contributed by atoms with van der Waals surface area (Å²) < 4.78 is 5.97. The van der Waals surface area contributed by atoms with E-state index in [9.17, 15) is 4.79 Å². The second kappa shape index (κ2) is 3.58. The molecule has 4 nitrogen and oxygen atoms in total. The first-order valence-electron chi connectivity index (χ1n) is 3.40. The molecule has 1 heterocycles. The fourth-order valence-electron chi connectivity index (χ4n) is 0.817. The van der Waals surface area contributed by atoms with Crippen LogP contribution < -0.4 is 0 Å². The molecule has 0 aliphatic carbocycles. The molecular weight excluding hydrogens is 180 g/mol. The molecule has 0 aliphatic rings. The normalized spacial score (nSPS) is 9.92. The number of aryl methyl sites for hydroxylation is 1. The Morgan fingerprint density at radius 1 is 1.83 bits per heavy atom. The Labute approximate surface area is 75.1 Å². The number of ether oxygens (including phenoxy) is 1. The quantitative estimate of drug-likeness (QED) is 0.651. The Hall–Kier alpha value is -1.03. The number of nitrogens with zero attached hydrogens (tertiary/aromatic N) is 2.